The van der Waals surface area contributed by atoms with Gasteiger partial charge in [-0.15, -0.1) is 0 Å². The van der Waals surface area contributed by atoms with E-state index in [4.69, 9.17) is 14.6 Å². The molecule has 3 heteroatoms. The topological polar surface area (TPSA) is 38.7 Å². The summed E-state index contributed by atoms with van der Waals surface area (Å²) in [5.74, 6) is 0. The largest absolute Gasteiger partial charge is 0.368 e. The van der Waals surface area contributed by atoms with Crippen molar-refractivity contribution in [1.29, 1.82) is 0 Å². The first-order valence-electron chi connectivity index (χ1n) is 5.12. The fraction of sp³-hybridized carbons (Fsp3) is 1.00. The highest BCUT2D eigenvalue weighted by atomic mass is 16.7. The molecule has 1 N–H and O–H groups in total. The van der Waals surface area contributed by atoms with Crippen LogP contribution in [0.25, 0.3) is 0 Å². The van der Waals surface area contributed by atoms with Gasteiger partial charge in [0.2, 0.25) is 0 Å². The molecule has 3 nitrogen and oxygen atoms in total. The molecule has 0 fully saturated rings. The van der Waals surface area contributed by atoms with Crippen LogP contribution in [0.15, 0.2) is 0 Å². The lowest BCUT2D eigenvalue weighted by atomic mass is 10.2. The van der Waals surface area contributed by atoms with Gasteiger partial charge in [-0.05, 0) is 20.3 Å². The van der Waals surface area contributed by atoms with Crippen molar-refractivity contribution in [3.63, 3.8) is 0 Å². The molecule has 0 saturated carbocycles. The SMILES string of the molecule is CCCCCCOC(C)OC(C)O. The van der Waals surface area contributed by atoms with Gasteiger partial charge in [0.05, 0.1) is 0 Å². The molecule has 0 spiro atoms. The lowest BCUT2D eigenvalue weighted by molar-refractivity contribution is -0.213. The fourth-order valence-corrected chi connectivity index (χ4v) is 1.09. The van der Waals surface area contributed by atoms with E-state index in [0.29, 0.717) is 6.61 Å². The molecule has 0 amide bonds. The molecule has 2 atom stereocenters. The first-order valence-corrected chi connectivity index (χ1v) is 5.12. The first kappa shape index (κ1) is 12.9. The minimum atomic E-state index is -0.745. The summed E-state index contributed by atoms with van der Waals surface area (Å²) >= 11 is 0. The number of hydrogen-bond acceptors (Lipinski definition) is 3. The molecule has 0 rings (SSSR count). The maximum atomic E-state index is 8.86. The molecule has 80 valence electrons. The summed E-state index contributed by atoms with van der Waals surface area (Å²) in [6.07, 6.45) is 3.72. The molecule has 0 aromatic heterocycles. The summed E-state index contributed by atoms with van der Waals surface area (Å²) in [6.45, 7) is 6.28. The predicted octanol–water partition coefficient (Wildman–Crippen LogP) is 2.28. The molecule has 0 aromatic carbocycles. The van der Waals surface area contributed by atoms with E-state index < -0.39 is 6.29 Å². The number of aliphatic hydroxyl groups excluding tert-OH is 1. The van der Waals surface area contributed by atoms with Crippen molar-refractivity contribution >= 4 is 0 Å². The molecule has 13 heavy (non-hydrogen) atoms. The van der Waals surface area contributed by atoms with E-state index in [0.717, 1.165) is 6.42 Å². The zero-order valence-corrected chi connectivity index (χ0v) is 8.95. The molecular formula is C10H22O3. The summed E-state index contributed by atoms with van der Waals surface area (Å²) in [5.41, 5.74) is 0. The van der Waals surface area contributed by atoms with E-state index in [9.17, 15) is 0 Å². The third kappa shape index (κ3) is 9.80. The van der Waals surface area contributed by atoms with Gasteiger partial charge in [-0.25, -0.2) is 0 Å². The van der Waals surface area contributed by atoms with Crippen LogP contribution in [-0.4, -0.2) is 24.3 Å². The molecule has 2 unspecified atom stereocenters. The van der Waals surface area contributed by atoms with E-state index in [1.165, 1.54) is 19.3 Å². The number of rotatable bonds is 8. The van der Waals surface area contributed by atoms with Gasteiger partial charge in [0, 0.05) is 6.61 Å². The second kappa shape index (κ2) is 8.48. The van der Waals surface area contributed by atoms with Crippen LogP contribution in [0.2, 0.25) is 0 Å². The van der Waals surface area contributed by atoms with Gasteiger partial charge < -0.3 is 14.6 Å². The number of aliphatic hydroxyl groups is 1. The highest BCUT2D eigenvalue weighted by Crippen LogP contribution is 2.02. The van der Waals surface area contributed by atoms with E-state index in [1.807, 2.05) is 0 Å². The standard InChI is InChI=1S/C10H22O3/c1-4-5-6-7-8-12-10(3)13-9(2)11/h9-11H,4-8H2,1-3H3. The summed E-state index contributed by atoms with van der Waals surface area (Å²) in [6, 6.07) is 0. The van der Waals surface area contributed by atoms with Crippen molar-refractivity contribution in [3.05, 3.63) is 0 Å². The highest BCUT2D eigenvalue weighted by Gasteiger charge is 2.04. The van der Waals surface area contributed by atoms with Crippen LogP contribution in [0.3, 0.4) is 0 Å². The average Bonchev–Trinajstić information content (AvgIpc) is 2.02. The van der Waals surface area contributed by atoms with Gasteiger partial charge in [0.25, 0.3) is 0 Å². The fourth-order valence-electron chi connectivity index (χ4n) is 1.09. The minimum absolute atomic E-state index is 0.304. The van der Waals surface area contributed by atoms with Crippen LogP contribution in [0.4, 0.5) is 0 Å². The van der Waals surface area contributed by atoms with Gasteiger partial charge in [0.1, 0.15) is 0 Å². The quantitative estimate of drug-likeness (QED) is 0.471. The lowest BCUT2D eigenvalue weighted by Gasteiger charge is -2.15. The summed E-state index contributed by atoms with van der Waals surface area (Å²) in [5, 5.41) is 8.86. The van der Waals surface area contributed by atoms with Crippen molar-refractivity contribution in [2.75, 3.05) is 6.61 Å². The van der Waals surface area contributed by atoms with Gasteiger partial charge >= 0.3 is 0 Å². The molecule has 0 bridgehead atoms. The van der Waals surface area contributed by atoms with E-state index >= 15 is 0 Å². The Morgan fingerprint density at radius 1 is 1.15 bits per heavy atom. The van der Waals surface area contributed by atoms with Crippen LogP contribution >= 0.6 is 0 Å². The molecule has 0 saturated heterocycles. The molecular weight excluding hydrogens is 168 g/mol. The maximum absolute atomic E-state index is 8.86. The molecule has 0 heterocycles. The zero-order valence-electron chi connectivity index (χ0n) is 8.95. The predicted molar refractivity (Wildman–Crippen MR) is 52.3 cm³/mol. The Labute approximate surface area is 81.0 Å². The normalized spacial score (nSPS) is 15.7. The third-order valence-electron chi connectivity index (χ3n) is 1.74. The van der Waals surface area contributed by atoms with Crippen molar-refractivity contribution in [3.8, 4) is 0 Å². The second-order valence-corrected chi connectivity index (χ2v) is 3.23. The summed E-state index contributed by atoms with van der Waals surface area (Å²) in [7, 11) is 0. The Hall–Kier alpha value is -0.120. The van der Waals surface area contributed by atoms with Crippen molar-refractivity contribution in [1.82, 2.24) is 0 Å². The molecule has 0 aliphatic rings. The Kier molecular flexibility index (Phi) is 8.40. The first-order chi connectivity index (χ1) is 6.16. The Balaban J connectivity index is 3.12. The Bertz CT molecular complexity index is 104. The number of unbranched alkanes of at least 4 members (excludes halogenated alkanes) is 3. The van der Waals surface area contributed by atoms with Gasteiger partial charge in [-0.1, -0.05) is 26.2 Å². The van der Waals surface area contributed by atoms with Crippen molar-refractivity contribution in [2.24, 2.45) is 0 Å². The van der Waals surface area contributed by atoms with Crippen LogP contribution in [0.5, 0.6) is 0 Å². The number of hydrogen-bond donors (Lipinski definition) is 1. The molecule has 0 aliphatic heterocycles. The average molecular weight is 190 g/mol. The Morgan fingerprint density at radius 3 is 2.38 bits per heavy atom. The van der Waals surface area contributed by atoms with Crippen molar-refractivity contribution in [2.45, 2.75) is 59.0 Å². The number of ether oxygens (including phenoxy) is 2. The highest BCUT2D eigenvalue weighted by molar-refractivity contribution is 4.40. The van der Waals surface area contributed by atoms with E-state index in [1.54, 1.807) is 13.8 Å². The molecule has 0 radical (unpaired) electrons. The Morgan fingerprint density at radius 2 is 1.85 bits per heavy atom. The van der Waals surface area contributed by atoms with Crippen LogP contribution in [0, 0.1) is 0 Å². The van der Waals surface area contributed by atoms with Gasteiger partial charge in [-0.3, -0.25) is 0 Å². The van der Waals surface area contributed by atoms with Crippen LogP contribution < -0.4 is 0 Å². The smallest absolute Gasteiger partial charge is 0.157 e. The molecule has 0 aliphatic carbocycles. The van der Waals surface area contributed by atoms with Gasteiger partial charge in [0.15, 0.2) is 12.6 Å². The molecule has 0 aromatic rings. The zero-order chi connectivity index (χ0) is 10.1. The van der Waals surface area contributed by atoms with Crippen molar-refractivity contribution < 1.29 is 14.6 Å². The maximum Gasteiger partial charge on any atom is 0.157 e. The minimum Gasteiger partial charge on any atom is -0.368 e. The van der Waals surface area contributed by atoms with Crippen LogP contribution in [0.1, 0.15) is 46.5 Å². The summed E-state index contributed by atoms with van der Waals surface area (Å²) in [4.78, 5) is 0. The monoisotopic (exact) mass is 190 g/mol. The van der Waals surface area contributed by atoms with E-state index in [2.05, 4.69) is 6.92 Å². The van der Waals surface area contributed by atoms with E-state index in [-0.39, 0.29) is 6.29 Å². The summed E-state index contributed by atoms with van der Waals surface area (Å²) < 4.78 is 10.3. The second-order valence-electron chi connectivity index (χ2n) is 3.23. The lowest BCUT2D eigenvalue weighted by Crippen LogP contribution is -2.19. The third-order valence-corrected chi connectivity index (χ3v) is 1.74. The van der Waals surface area contributed by atoms with Gasteiger partial charge in [-0.2, -0.15) is 0 Å². The van der Waals surface area contributed by atoms with Crippen LogP contribution in [-0.2, 0) is 9.47 Å².